The summed E-state index contributed by atoms with van der Waals surface area (Å²) >= 11 is 6.54. The highest BCUT2D eigenvalue weighted by Crippen LogP contribution is 2.39. The minimum Gasteiger partial charge on any atom is -0.494 e. The molecule has 0 radical (unpaired) electrons. The quantitative estimate of drug-likeness (QED) is 0.302. The van der Waals surface area contributed by atoms with E-state index in [1.165, 1.54) is 44.6 Å². The molecule has 0 atom stereocenters. The van der Waals surface area contributed by atoms with E-state index >= 15 is 0 Å². The van der Waals surface area contributed by atoms with E-state index in [1.807, 2.05) is 0 Å². The minimum absolute atomic E-state index is 0.0616. The highest BCUT2D eigenvalue weighted by atomic mass is 35.5. The SMILES string of the molecule is COCCNC(=O)c1ccc(-c2c(Cl)cccc2-c2nc3cc(F)c(OC)cc3[nH]2)c(C(=O)O)c1. The number of aromatic carboxylic acids is 1. The van der Waals surface area contributed by atoms with Gasteiger partial charge in [-0.15, -0.1) is 0 Å². The van der Waals surface area contributed by atoms with Gasteiger partial charge in [0.2, 0.25) is 0 Å². The molecule has 35 heavy (non-hydrogen) atoms. The number of aromatic amines is 1. The first-order valence-corrected chi connectivity index (χ1v) is 10.9. The molecule has 4 rings (SSSR count). The van der Waals surface area contributed by atoms with Crippen molar-refractivity contribution < 1.29 is 28.6 Å². The van der Waals surface area contributed by atoms with Crippen LogP contribution in [0.25, 0.3) is 33.5 Å². The zero-order valence-electron chi connectivity index (χ0n) is 18.8. The second kappa shape index (κ2) is 10.1. The third-order valence-electron chi connectivity index (χ3n) is 5.40. The second-order valence-electron chi connectivity index (χ2n) is 7.57. The van der Waals surface area contributed by atoms with E-state index in [4.69, 9.17) is 21.1 Å². The van der Waals surface area contributed by atoms with Gasteiger partial charge in [-0.1, -0.05) is 29.8 Å². The van der Waals surface area contributed by atoms with E-state index in [0.717, 1.165) is 0 Å². The third kappa shape index (κ3) is 4.82. The maximum atomic E-state index is 14.2. The minimum atomic E-state index is -1.23. The second-order valence-corrected chi connectivity index (χ2v) is 7.97. The molecule has 4 aromatic rings. The molecular weight excluding hydrogens is 477 g/mol. The Morgan fingerprint density at radius 3 is 2.66 bits per heavy atom. The summed E-state index contributed by atoms with van der Waals surface area (Å²) in [6.45, 7) is 0.609. The van der Waals surface area contributed by atoms with Crippen molar-refractivity contribution in [3.8, 4) is 28.3 Å². The number of ether oxygens (including phenoxy) is 2. The first kappa shape index (κ1) is 24.2. The van der Waals surface area contributed by atoms with Gasteiger partial charge in [0.1, 0.15) is 5.82 Å². The summed E-state index contributed by atoms with van der Waals surface area (Å²) in [5.41, 5.74) is 2.19. The molecule has 0 spiro atoms. The van der Waals surface area contributed by atoms with Crippen molar-refractivity contribution >= 4 is 34.5 Å². The normalized spacial score (nSPS) is 11.0. The molecule has 180 valence electrons. The van der Waals surface area contributed by atoms with Crippen molar-refractivity contribution in [2.45, 2.75) is 0 Å². The van der Waals surface area contributed by atoms with E-state index in [9.17, 15) is 19.1 Å². The van der Waals surface area contributed by atoms with Gasteiger partial charge in [-0.2, -0.15) is 0 Å². The molecule has 0 aliphatic rings. The lowest BCUT2D eigenvalue weighted by Gasteiger charge is -2.14. The standard InChI is InChI=1S/C25H21ClFN3O5/c1-34-9-8-28-24(31)13-6-7-14(16(10-13)25(32)33)22-15(4-3-5-17(22)26)23-29-19-11-18(27)21(35-2)12-20(19)30-23/h3-7,10-12H,8-9H2,1-2H3,(H,28,31)(H,29,30)(H,32,33). The molecule has 8 nitrogen and oxygen atoms in total. The number of rotatable bonds is 8. The Hall–Kier alpha value is -3.95. The number of halogens is 2. The van der Waals surface area contributed by atoms with Crippen molar-refractivity contribution in [2.24, 2.45) is 0 Å². The van der Waals surface area contributed by atoms with E-state index < -0.39 is 17.7 Å². The van der Waals surface area contributed by atoms with Crippen LogP contribution in [-0.4, -0.2) is 54.3 Å². The number of amides is 1. The van der Waals surface area contributed by atoms with Crippen molar-refractivity contribution in [3.63, 3.8) is 0 Å². The molecule has 0 saturated heterocycles. The number of nitrogens with one attached hydrogen (secondary N) is 2. The Labute approximate surface area is 204 Å². The summed E-state index contributed by atoms with van der Waals surface area (Å²) in [5, 5.41) is 12.9. The molecule has 1 heterocycles. The lowest BCUT2D eigenvalue weighted by molar-refractivity contribution is 0.0697. The molecule has 0 bridgehead atoms. The fraction of sp³-hybridized carbons (Fsp3) is 0.160. The average Bonchev–Trinajstić information content (AvgIpc) is 3.25. The van der Waals surface area contributed by atoms with Crippen LogP contribution < -0.4 is 10.1 Å². The zero-order valence-corrected chi connectivity index (χ0v) is 19.6. The first-order valence-electron chi connectivity index (χ1n) is 10.5. The van der Waals surface area contributed by atoms with Crippen molar-refractivity contribution in [2.75, 3.05) is 27.4 Å². The zero-order chi connectivity index (χ0) is 25.1. The van der Waals surface area contributed by atoms with Gasteiger partial charge in [-0.05, 0) is 23.8 Å². The van der Waals surface area contributed by atoms with Crippen LogP contribution in [0.3, 0.4) is 0 Å². The number of hydrogen-bond acceptors (Lipinski definition) is 5. The monoisotopic (exact) mass is 497 g/mol. The number of carboxylic acid groups (broad SMARTS) is 1. The van der Waals surface area contributed by atoms with Crippen molar-refractivity contribution in [3.05, 3.63) is 70.5 Å². The summed E-state index contributed by atoms with van der Waals surface area (Å²) in [6.07, 6.45) is 0. The largest absolute Gasteiger partial charge is 0.494 e. The van der Waals surface area contributed by atoms with E-state index in [2.05, 4.69) is 15.3 Å². The molecule has 0 saturated carbocycles. The number of nitrogens with zero attached hydrogens (tertiary/aromatic N) is 1. The Bertz CT molecular complexity index is 1440. The van der Waals surface area contributed by atoms with Crippen molar-refractivity contribution in [1.29, 1.82) is 0 Å². The molecule has 1 aromatic heterocycles. The lowest BCUT2D eigenvalue weighted by Crippen LogP contribution is -2.27. The predicted molar refractivity (Wildman–Crippen MR) is 130 cm³/mol. The number of hydrogen-bond donors (Lipinski definition) is 3. The van der Waals surface area contributed by atoms with Gasteiger partial charge < -0.3 is 24.9 Å². The molecule has 0 aliphatic heterocycles. The van der Waals surface area contributed by atoms with Gasteiger partial charge in [-0.25, -0.2) is 14.2 Å². The van der Waals surface area contributed by atoms with Gasteiger partial charge in [0, 0.05) is 47.5 Å². The highest BCUT2D eigenvalue weighted by Gasteiger charge is 2.22. The third-order valence-corrected chi connectivity index (χ3v) is 5.71. The van der Waals surface area contributed by atoms with Crippen LogP contribution in [0.4, 0.5) is 4.39 Å². The summed E-state index contributed by atoms with van der Waals surface area (Å²) in [5.74, 6) is -1.79. The van der Waals surface area contributed by atoms with Crippen LogP contribution in [0.2, 0.25) is 5.02 Å². The maximum absolute atomic E-state index is 14.2. The topological polar surface area (TPSA) is 114 Å². The van der Waals surface area contributed by atoms with E-state index in [1.54, 1.807) is 18.2 Å². The molecule has 3 aromatic carbocycles. The fourth-order valence-corrected chi connectivity index (χ4v) is 4.02. The molecule has 3 N–H and O–H groups in total. The van der Waals surface area contributed by atoms with Crippen LogP contribution in [0.1, 0.15) is 20.7 Å². The number of benzene rings is 3. The number of fused-ring (bicyclic) bond motifs is 1. The van der Waals surface area contributed by atoms with Gasteiger partial charge in [0.15, 0.2) is 11.6 Å². The predicted octanol–water partition coefficient (Wildman–Crippen LogP) is 4.77. The van der Waals surface area contributed by atoms with Gasteiger partial charge in [0.25, 0.3) is 5.91 Å². The van der Waals surface area contributed by atoms with Crippen LogP contribution in [-0.2, 0) is 4.74 Å². The number of methoxy groups -OCH3 is 2. The fourth-order valence-electron chi connectivity index (χ4n) is 3.74. The Morgan fingerprint density at radius 1 is 1.14 bits per heavy atom. The maximum Gasteiger partial charge on any atom is 0.336 e. The summed E-state index contributed by atoms with van der Waals surface area (Å²) in [6, 6.07) is 12.1. The van der Waals surface area contributed by atoms with Crippen LogP contribution in [0.5, 0.6) is 5.75 Å². The molecule has 1 amide bonds. The van der Waals surface area contributed by atoms with Gasteiger partial charge in [-0.3, -0.25) is 4.79 Å². The molecule has 10 heteroatoms. The van der Waals surface area contributed by atoms with Crippen LogP contribution in [0, 0.1) is 5.82 Å². The lowest BCUT2D eigenvalue weighted by atomic mass is 9.93. The van der Waals surface area contributed by atoms with Crippen molar-refractivity contribution in [1.82, 2.24) is 15.3 Å². The number of imidazole rings is 1. The van der Waals surface area contributed by atoms with Crippen LogP contribution in [0.15, 0.2) is 48.5 Å². The number of H-pyrrole nitrogens is 1. The van der Waals surface area contributed by atoms with E-state index in [0.29, 0.717) is 40.2 Å². The highest BCUT2D eigenvalue weighted by molar-refractivity contribution is 6.34. The number of carbonyl (C=O) groups excluding carboxylic acids is 1. The Morgan fingerprint density at radius 2 is 1.94 bits per heavy atom. The average molecular weight is 498 g/mol. The molecule has 0 aliphatic carbocycles. The Kier molecular flexibility index (Phi) is 6.99. The molecular formula is C25H21ClFN3O5. The molecule has 0 unspecified atom stereocenters. The smallest absolute Gasteiger partial charge is 0.336 e. The number of aromatic nitrogens is 2. The van der Waals surface area contributed by atoms with E-state index in [-0.39, 0.29) is 28.4 Å². The van der Waals surface area contributed by atoms with Gasteiger partial charge in [0.05, 0.1) is 30.3 Å². The number of carboxylic acids is 1. The van der Waals surface area contributed by atoms with Gasteiger partial charge >= 0.3 is 5.97 Å². The Balaban J connectivity index is 1.84. The summed E-state index contributed by atoms with van der Waals surface area (Å²) in [4.78, 5) is 32.2. The molecule has 0 fully saturated rings. The number of carbonyl (C=O) groups is 2. The summed E-state index contributed by atoms with van der Waals surface area (Å²) in [7, 11) is 2.88. The van der Waals surface area contributed by atoms with Crippen LogP contribution >= 0.6 is 11.6 Å². The first-order chi connectivity index (χ1) is 16.8. The summed E-state index contributed by atoms with van der Waals surface area (Å²) < 4.78 is 24.1.